The minimum Gasteiger partial charge on any atom is -0.316 e. The molecular weight excluding hydrogens is 268 g/mol. The van der Waals surface area contributed by atoms with Crippen molar-refractivity contribution in [1.29, 1.82) is 0 Å². The first kappa shape index (κ1) is 16.4. The van der Waals surface area contributed by atoms with Crippen LogP contribution < -0.4 is 5.32 Å². The summed E-state index contributed by atoms with van der Waals surface area (Å²) >= 11 is 0. The SMILES string of the molecule is CCCNCC1CCC(C)(C)CC1c1ccc(F)cc1F. The van der Waals surface area contributed by atoms with Gasteiger partial charge in [-0.1, -0.05) is 26.8 Å². The van der Waals surface area contributed by atoms with Gasteiger partial charge >= 0.3 is 0 Å². The second-order valence-corrected chi connectivity index (χ2v) is 7.14. The maximum atomic E-state index is 14.2. The van der Waals surface area contributed by atoms with Crippen LogP contribution in [0.25, 0.3) is 0 Å². The van der Waals surface area contributed by atoms with Gasteiger partial charge in [-0.15, -0.1) is 0 Å². The molecule has 0 heterocycles. The van der Waals surface area contributed by atoms with Crippen LogP contribution in [0.4, 0.5) is 8.78 Å². The molecule has 1 saturated carbocycles. The lowest BCUT2D eigenvalue weighted by Gasteiger charge is -2.41. The third kappa shape index (κ3) is 4.26. The Balaban J connectivity index is 2.20. The largest absolute Gasteiger partial charge is 0.316 e. The molecule has 0 spiro atoms. The Morgan fingerprint density at radius 2 is 2.05 bits per heavy atom. The Kier molecular flexibility index (Phi) is 5.37. The highest BCUT2D eigenvalue weighted by atomic mass is 19.1. The van der Waals surface area contributed by atoms with E-state index in [9.17, 15) is 8.78 Å². The van der Waals surface area contributed by atoms with Gasteiger partial charge in [0.15, 0.2) is 0 Å². The van der Waals surface area contributed by atoms with Crippen molar-refractivity contribution in [2.45, 2.75) is 52.4 Å². The Bertz CT molecular complexity index is 470. The van der Waals surface area contributed by atoms with Crippen molar-refractivity contribution in [1.82, 2.24) is 5.32 Å². The zero-order valence-corrected chi connectivity index (χ0v) is 13.4. The fourth-order valence-corrected chi connectivity index (χ4v) is 3.52. The first-order chi connectivity index (χ1) is 9.93. The van der Waals surface area contributed by atoms with Gasteiger partial charge < -0.3 is 5.32 Å². The summed E-state index contributed by atoms with van der Waals surface area (Å²) in [6, 6.07) is 4.05. The molecule has 0 saturated heterocycles. The number of hydrogen-bond donors (Lipinski definition) is 1. The highest BCUT2D eigenvalue weighted by molar-refractivity contribution is 5.24. The summed E-state index contributed by atoms with van der Waals surface area (Å²) in [6.07, 6.45) is 4.35. The first-order valence-corrected chi connectivity index (χ1v) is 8.08. The van der Waals surface area contributed by atoms with E-state index < -0.39 is 11.6 Å². The molecule has 1 nitrogen and oxygen atoms in total. The molecule has 0 amide bonds. The Labute approximate surface area is 127 Å². The fourth-order valence-electron chi connectivity index (χ4n) is 3.52. The Morgan fingerprint density at radius 1 is 1.29 bits per heavy atom. The molecule has 1 N–H and O–H groups in total. The van der Waals surface area contributed by atoms with Crippen molar-refractivity contribution < 1.29 is 8.78 Å². The van der Waals surface area contributed by atoms with Crippen LogP contribution in [0.3, 0.4) is 0 Å². The zero-order chi connectivity index (χ0) is 15.5. The maximum absolute atomic E-state index is 14.2. The van der Waals surface area contributed by atoms with Crippen LogP contribution in [0.5, 0.6) is 0 Å². The summed E-state index contributed by atoms with van der Waals surface area (Å²) in [5.41, 5.74) is 0.916. The van der Waals surface area contributed by atoms with E-state index in [0.717, 1.165) is 38.4 Å². The van der Waals surface area contributed by atoms with Crippen LogP contribution >= 0.6 is 0 Å². The molecule has 1 aliphatic rings. The Morgan fingerprint density at radius 3 is 2.71 bits per heavy atom. The topological polar surface area (TPSA) is 12.0 Å². The third-order valence-electron chi connectivity index (χ3n) is 4.73. The molecule has 0 radical (unpaired) electrons. The summed E-state index contributed by atoms with van der Waals surface area (Å²) in [5, 5.41) is 3.47. The lowest BCUT2D eigenvalue weighted by molar-refractivity contribution is 0.157. The number of nitrogens with one attached hydrogen (secondary N) is 1. The highest BCUT2D eigenvalue weighted by Gasteiger charge is 2.36. The summed E-state index contributed by atoms with van der Waals surface area (Å²) in [4.78, 5) is 0. The van der Waals surface area contributed by atoms with E-state index in [1.807, 2.05) is 0 Å². The smallest absolute Gasteiger partial charge is 0.129 e. The predicted octanol–water partition coefficient (Wildman–Crippen LogP) is 4.87. The molecular formula is C18H27F2N. The van der Waals surface area contributed by atoms with Gasteiger partial charge in [-0.2, -0.15) is 0 Å². The van der Waals surface area contributed by atoms with Crippen LogP contribution in [0.15, 0.2) is 18.2 Å². The van der Waals surface area contributed by atoms with Crippen molar-refractivity contribution in [2.24, 2.45) is 11.3 Å². The standard InChI is InChI=1S/C18H27F2N/c1-4-9-21-12-13-7-8-18(2,3)11-16(13)15-6-5-14(19)10-17(15)20/h5-6,10,13,16,21H,4,7-9,11-12H2,1-3H3. The number of rotatable bonds is 5. The monoisotopic (exact) mass is 295 g/mol. The molecule has 1 aromatic rings. The van der Waals surface area contributed by atoms with E-state index >= 15 is 0 Å². The van der Waals surface area contributed by atoms with Crippen molar-refractivity contribution >= 4 is 0 Å². The molecule has 1 fully saturated rings. The second kappa shape index (κ2) is 6.87. The van der Waals surface area contributed by atoms with Crippen molar-refractivity contribution in [3.63, 3.8) is 0 Å². The lowest BCUT2D eigenvalue weighted by atomic mass is 9.65. The lowest BCUT2D eigenvalue weighted by Crippen LogP contribution is -2.35. The molecule has 2 atom stereocenters. The third-order valence-corrected chi connectivity index (χ3v) is 4.73. The second-order valence-electron chi connectivity index (χ2n) is 7.14. The van der Waals surface area contributed by atoms with Gasteiger partial charge in [0.25, 0.3) is 0 Å². The summed E-state index contributed by atoms with van der Waals surface area (Å²) in [7, 11) is 0. The molecule has 0 aromatic heterocycles. The average molecular weight is 295 g/mol. The normalized spacial score (nSPS) is 25.0. The van der Waals surface area contributed by atoms with E-state index in [-0.39, 0.29) is 11.3 Å². The van der Waals surface area contributed by atoms with E-state index in [2.05, 4.69) is 26.1 Å². The fraction of sp³-hybridized carbons (Fsp3) is 0.667. The molecule has 2 rings (SSSR count). The maximum Gasteiger partial charge on any atom is 0.129 e. The zero-order valence-electron chi connectivity index (χ0n) is 13.4. The quantitative estimate of drug-likeness (QED) is 0.764. The predicted molar refractivity (Wildman–Crippen MR) is 83.4 cm³/mol. The molecule has 3 heteroatoms. The minimum absolute atomic E-state index is 0.179. The van der Waals surface area contributed by atoms with Gasteiger partial charge in [0.1, 0.15) is 11.6 Å². The van der Waals surface area contributed by atoms with Crippen LogP contribution in [0.1, 0.15) is 57.9 Å². The molecule has 0 aliphatic heterocycles. The Hall–Kier alpha value is -0.960. The molecule has 21 heavy (non-hydrogen) atoms. The van der Waals surface area contributed by atoms with Crippen molar-refractivity contribution in [3.05, 3.63) is 35.4 Å². The van der Waals surface area contributed by atoms with Crippen molar-refractivity contribution in [3.8, 4) is 0 Å². The van der Waals surface area contributed by atoms with E-state index in [1.165, 1.54) is 12.5 Å². The summed E-state index contributed by atoms with van der Waals surface area (Å²) in [5.74, 6) is -0.270. The number of hydrogen-bond acceptors (Lipinski definition) is 1. The number of benzene rings is 1. The van der Waals surface area contributed by atoms with Gasteiger partial charge in [0, 0.05) is 6.07 Å². The van der Waals surface area contributed by atoms with Crippen LogP contribution in [-0.4, -0.2) is 13.1 Å². The molecule has 1 aromatic carbocycles. The molecule has 118 valence electrons. The van der Waals surface area contributed by atoms with Gasteiger partial charge in [-0.05, 0) is 67.7 Å². The number of halogens is 2. The summed E-state index contributed by atoms with van der Waals surface area (Å²) in [6.45, 7) is 8.56. The van der Waals surface area contributed by atoms with Crippen molar-refractivity contribution in [2.75, 3.05) is 13.1 Å². The first-order valence-electron chi connectivity index (χ1n) is 8.08. The summed E-state index contributed by atoms with van der Waals surface area (Å²) < 4.78 is 27.3. The van der Waals surface area contributed by atoms with E-state index in [1.54, 1.807) is 6.07 Å². The van der Waals surface area contributed by atoms with Crippen LogP contribution in [0, 0.1) is 23.0 Å². The minimum atomic E-state index is -0.494. The van der Waals surface area contributed by atoms with E-state index in [0.29, 0.717) is 11.5 Å². The molecule has 1 aliphatic carbocycles. The van der Waals surface area contributed by atoms with Crippen LogP contribution in [-0.2, 0) is 0 Å². The van der Waals surface area contributed by atoms with Gasteiger partial charge in [0.05, 0.1) is 0 Å². The highest BCUT2D eigenvalue weighted by Crippen LogP contribution is 2.47. The average Bonchev–Trinajstić information content (AvgIpc) is 2.40. The van der Waals surface area contributed by atoms with Gasteiger partial charge in [0.2, 0.25) is 0 Å². The van der Waals surface area contributed by atoms with Gasteiger partial charge in [-0.25, -0.2) is 8.78 Å². The van der Waals surface area contributed by atoms with Gasteiger partial charge in [-0.3, -0.25) is 0 Å². The van der Waals surface area contributed by atoms with E-state index in [4.69, 9.17) is 0 Å². The molecule has 2 unspecified atom stereocenters. The van der Waals surface area contributed by atoms with Crippen LogP contribution in [0.2, 0.25) is 0 Å². The molecule has 0 bridgehead atoms.